The number of carbonyl (C=O) groups is 1. The van der Waals surface area contributed by atoms with Crippen molar-refractivity contribution in [3.05, 3.63) is 29.8 Å². The van der Waals surface area contributed by atoms with Crippen molar-refractivity contribution in [3.8, 4) is 5.75 Å². The Morgan fingerprint density at radius 3 is 2.89 bits per heavy atom. The Balaban J connectivity index is 2.36. The summed E-state index contributed by atoms with van der Waals surface area (Å²) in [5.74, 6) is 0.634. The van der Waals surface area contributed by atoms with Gasteiger partial charge in [0.1, 0.15) is 5.75 Å². The van der Waals surface area contributed by atoms with Gasteiger partial charge in [-0.3, -0.25) is 4.79 Å². The second kappa shape index (κ2) is 8.50. The molecule has 0 aromatic heterocycles. The number of amides is 1. The highest BCUT2D eigenvalue weighted by Crippen LogP contribution is 2.12. The fourth-order valence-corrected chi connectivity index (χ4v) is 1.68. The quantitative estimate of drug-likeness (QED) is 0.690. The molecule has 0 spiro atoms. The Morgan fingerprint density at radius 2 is 2.21 bits per heavy atom. The van der Waals surface area contributed by atoms with Gasteiger partial charge in [-0.2, -0.15) is 0 Å². The predicted octanol–water partition coefficient (Wildman–Crippen LogP) is 1.07. The minimum atomic E-state index is -0.485. The lowest BCUT2D eigenvalue weighted by molar-refractivity contribution is -0.122. The zero-order chi connectivity index (χ0) is 14.1. The lowest BCUT2D eigenvalue weighted by Crippen LogP contribution is -2.40. The standard InChI is InChI=1S/C14H22N2O3/c1-18-8-4-7-13(15)14(17)16-10-11-5-3-6-12(9-11)19-2/h3,5-6,9,13H,4,7-8,10,15H2,1-2H3,(H,16,17). The molecule has 106 valence electrons. The summed E-state index contributed by atoms with van der Waals surface area (Å²) in [4.78, 5) is 11.8. The summed E-state index contributed by atoms with van der Waals surface area (Å²) in [5.41, 5.74) is 6.77. The zero-order valence-electron chi connectivity index (χ0n) is 11.5. The maximum Gasteiger partial charge on any atom is 0.237 e. The number of rotatable bonds is 8. The van der Waals surface area contributed by atoms with Crippen LogP contribution in [-0.2, 0) is 16.1 Å². The van der Waals surface area contributed by atoms with Gasteiger partial charge in [-0.1, -0.05) is 12.1 Å². The van der Waals surface area contributed by atoms with Crippen LogP contribution in [0.3, 0.4) is 0 Å². The number of hydrogen-bond donors (Lipinski definition) is 2. The van der Waals surface area contributed by atoms with Crippen LogP contribution >= 0.6 is 0 Å². The molecule has 1 rings (SSSR count). The third-order valence-electron chi connectivity index (χ3n) is 2.80. The maximum atomic E-state index is 11.8. The summed E-state index contributed by atoms with van der Waals surface area (Å²) in [6.45, 7) is 1.07. The van der Waals surface area contributed by atoms with E-state index >= 15 is 0 Å². The minimum Gasteiger partial charge on any atom is -0.497 e. The molecule has 0 fully saturated rings. The van der Waals surface area contributed by atoms with Crippen molar-refractivity contribution >= 4 is 5.91 Å². The zero-order valence-corrected chi connectivity index (χ0v) is 11.5. The molecular weight excluding hydrogens is 244 g/mol. The van der Waals surface area contributed by atoms with Crippen LogP contribution in [0.4, 0.5) is 0 Å². The molecule has 0 radical (unpaired) electrons. The van der Waals surface area contributed by atoms with Crippen molar-refractivity contribution < 1.29 is 14.3 Å². The molecular formula is C14H22N2O3. The first-order valence-corrected chi connectivity index (χ1v) is 6.32. The van der Waals surface area contributed by atoms with E-state index in [4.69, 9.17) is 15.2 Å². The van der Waals surface area contributed by atoms with Crippen LogP contribution < -0.4 is 15.8 Å². The van der Waals surface area contributed by atoms with Crippen molar-refractivity contribution in [2.24, 2.45) is 5.73 Å². The van der Waals surface area contributed by atoms with Crippen molar-refractivity contribution in [3.63, 3.8) is 0 Å². The molecule has 0 aliphatic heterocycles. The van der Waals surface area contributed by atoms with E-state index in [1.807, 2.05) is 24.3 Å². The van der Waals surface area contributed by atoms with Gasteiger partial charge in [0, 0.05) is 20.3 Å². The van der Waals surface area contributed by atoms with E-state index < -0.39 is 6.04 Å². The Hall–Kier alpha value is -1.59. The number of benzene rings is 1. The number of nitrogens with two attached hydrogens (primary N) is 1. The van der Waals surface area contributed by atoms with E-state index in [9.17, 15) is 4.79 Å². The summed E-state index contributed by atoms with van der Waals surface area (Å²) >= 11 is 0. The van der Waals surface area contributed by atoms with Gasteiger partial charge in [0.05, 0.1) is 13.2 Å². The van der Waals surface area contributed by atoms with Gasteiger partial charge in [-0.25, -0.2) is 0 Å². The second-order valence-corrected chi connectivity index (χ2v) is 4.31. The van der Waals surface area contributed by atoms with Crippen molar-refractivity contribution in [1.29, 1.82) is 0 Å². The molecule has 0 aliphatic carbocycles. The normalized spacial score (nSPS) is 11.9. The molecule has 5 heteroatoms. The third-order valence-corrected chi connectivity index (χ3v) is 2.80. The monoisotopic (exact) mass is 266 g/mol. The van der Waals surface area contributed by atoms with E-state index in [2.05, 4.69) is 5.32 Å². The highest BCUT2D eigenvalue weighted by Gasteiger charge is 2.12. The predicted molar refractivity (Wildman–Crippen MR) is 73.9 cm³/mol. The van der Waals surface area contributed by atoms with Crippen molar-refractivity contribution in [2.75, 3.05) is 20.8 Å². The van der Waals surface area contributed by atoms with E-state index in [0.29, 0.717) is 19.6 Å². The van der Waals surface area contributed by atoms with Gasteiger partial charge in [0.15, 0.2) is 0 Å². The molecule has 1 aromatic rings. The average molecular weight is 266 g/mol. The van der Waals surface area contributed by atoms with E-state index in [1.165, 1.54) is 0 Å². The highest BCUT2D eigenvalue weighted by atomic mass is 16.5. The molecule has 5 nitrogen and oxygen atoms in total. The third kappa shape index (κ3) is 5.72. The molecule has 0 saturated carbocycles. The molecule has 19 heavy (non-hydrogen) atoms. The van der Waals surface area contributed by atoms with E-state index in [0.717, 1.165) is 17.7 Å². The van der Waals surface area contributed by atoms with Crippen LogP contribution in [0.1, 0.15) is 18.4 Å². The summed E-state index contributed by atoms with van der Waals surface area (Å²) in [7, 11) is 3.25. The molecule has 0 heterocycles. The fraction of sp³-hybridized carbons (Fsp3) is 0.500. The second-order valence-electron chi connectivity index (χ2n) is 4.31. The number of carbonyl (C=O) groups excluding carboxylic acids is 1. The Morgan fingerprint density at radius 1 is 1.42 bits per heavy atom. The molecule has 0 aliphatic rings. The average Bonchev–Trinajstić information content (AvgIpc) is 2.45. The van der Waals surface area contributed by atoms with Crippen LogP contribution in [0.25, 0.3) is 0 Å². The maximum absolute atomic E-state index is 11.8. The topological polar surface area (TPSA) is 73.6 Å². The van der Waals surface area contributed by atoms with Crippen LogP contribution in [0, 0.1) is 0 Å². The van der Waals surface area contributed by atoms with Crippen LogP contribution in [0.5, 0.6) is 5.75 Å². The molecule has 0 bridgehead atoms. The Bertz CT molecular complexity index is 396. The number of ether oxygens (including phenoxy) is 2. The number of hydrogen-bond acceptors (Lipinski definition) is 4. The van der Waals surface area contributed by atoms with Crippen molar-refractivity contribution in [2.45, 2.75) is 25.4 Å². The highest BCUT2D eigenvalue weighted by molar-refractivity contribution is 5.81. The number of nitrogens with one attached hydrogen (secondary N) is 1. The summed E-state index contributed by atoms with van der Waals surface area (Å²) in [6.07, 6.45) is 1.40. The molecule has 0 saturated heterocycles. The largest absolute Gasteiger partial charge is 0.497 e. The SMILES string of the molecule is COCCCC(N)C(=O)NCc1cccc(OC)c1. The Kier molecular flexibility index (Phi) is 6.92. The summed E-state index contributed by atoms with van der Waals surface area (Å²) in [6, 6.07) is 7.08. The van der Waals surface area contributed by atoms with Gasteiger partial charge >= 0.3 is 0 Å². The van der Waals surface area contributed by atoms with Crippen LogP contribution in [-0.4, -0.2) is 32.8 Å². The first kappa shape index (κ1) is 15.5. The lowest BCUT2D eigenvalue weighted by Gasteiger charge is -2.12. The molecule has 1 atom stereocenters. The van der Waals surface area contributed by atoms with Crippen molar-refractivity contribution in [1.82, 2.24) is 5.32 Å². The van der Waals surface area contributed by atoms with Gasteiger partial charge in [-0.05, 0) is 30.5 Å². The molecule has 1 aromatic carbocycles. The minimum absolute atomic E-state index is 0.140. The fourth-order valence-electron chi connectivity index (χ4n) is 1.68. The first-order valence-electron chi connectivity index (χ1n) is 6.32. The van der Waals surface area contributed by atoms with Gasteiger partial charge < -0.3 is 20.5 Å². The smallest absolute Gasteiger partial charge is 0.237 e. The Labute approximate surface area is 114 Å². The van der Waals surface area contributed by atoms with E-state index in [-0.39, 0.29) is 5.91 Å². The van der Waals surface area contributed by atoms with Gasteiger partial charge in [0.2, 0.25) is 5.91 Å². The number of methoxy groups -OCH3 is 2. The van der Waals surface area contributed by atoms with Gasteiger partial charge in [0.25, 0.3) is 0 Å². The molecule has 3 N–H and O–H groups in total. The van der Waals surface area contributed by atoms with Crippen LogP contribution in [0.15, 0.2) is 24.3 Å². The lowest BCUT2D eigenvalue weighted by atomic mass is 10.1. The molecule has 1 unspecified atom stereocenters. The van der Waals surface area contributed by atoms with E-state index in [1.54, 1.807) is 14.2 Å². The van der Waals surface area contributed by atoms with Gasteiger partial charge in [-0.15, -0.1) is 0 Å². The summed E-state index contributed by atoms with van der Waals surface area (Å²) in [5, 5.41) is 2.82. The van der Waals surface area contributed by atoms with Crippen LogP contribution in [0.2, 0.25) is 0 Å². The molecule has 1 amide bonds. The summed E-state index contributed by atoms with van der Waals surface area (Å²) < 4.78 is 10.0. The first-order chi connectivity index (χ1) is 9.17.